The lowest BCUT2D eigenvalue weighted by atomic mass is 9.68. The quantitative estimate of drug-likeness (QED) is 0.241. The van der Waals surface area contributed by atoms with Crippen LogP contribution in [0, 0.1) is 17.8 Å². The second-order valence-corrected chi connectivity index (χ2v) is 10.1. The van der Waals surface area contributed by atoms with E-state index in [2.05, 4.69) is 9.97 Å². The van der Waals surface area contributed by atoms with E-state index in [0.717, 1.165) is 0 Å². The lowest BCUT2D eigenvalue weighted by molar-refractivity contribution is -0.189. The maximum atomic E-state index is 11.9. The monoisotopic (exact) mass is 582 g/mol. The Morgan fingerprint density at radius 3 is 2.21 bits per heavy atom. The minimum Gasteiger partial charge on any atom is -0.481 e. The predicted octanol–water partition coefficient (Wildman–Crippen LogP) is 3.29. The molecule has 2 heterocycles. The minimum absolute atomic E-state index is 0.322. The molecule has 1 saturated heterocycles. The van der Waals surface area contributed by atoms with Crippen molar-refractivity contribution in [3.05, 3.63) is 53.6 Å². The molecule has 4 N–H and O–H groups in total. The number of hydrogen-bond donors (Lipinski definition) is 4. The minimum atomic E-state index is -1.22. The number of fused-ring (bicyclic) bond motifs is 1. The van der Waals surface area contributed by atoms with Crippen molar-refractivity contribution in [3.63, 3.8) is 0 Å². The third-order valence-electron chi connectivity index (χ3n) is 7.36. The number of nitrogens with one attached hydrogen (secondary N) is 1. The van der Waals surface area contributed by atoms with E-state index in [1.54, 1.807) is 42.5 Å². The van der Waals surface area contributed by atoms with Crippen molar-refractivity contribution in [2.75, 3.05) is 13.7 Å². The molecular weight excluding hydrogens is 552 g/mol. The second-order valence-electron chi connectivity index (χ2n) is 10.1. The number of hydrogen-bond acceptors (Lipinski definition) is 9. The van der Waals surface area contributed by atoms with Crippen LogP contribution in [0.2, 0.25) is 0 Å². The van der Waals surface area contributed by atoms with Crippen LogP contribution in [0.1, 0.15) is 48.2 Å². The molecule has 0 spiro atoms. The number of aromatic amines is 1. The Labute approximate surface area is 239 Å². The van der Waals surface area contributed by atoms with Crippen molar-refractivity contribution >= 4 is 40.9 Å². The number of rotatable bonds is 11. The highest BCUT2D eigenvalue weighted by atomic mass is 16.6. The van der Waals surface area contributed by atoms with Gasteiger partial charge in [0, 0.05) is 30.7 Å². The van der Waals surface area contributed by atoms with Gasteiger partial charge < -0.3 is 34.5 Å². The molecular formula is C29H30N2O11. The average molecular weight is 583 g/mol. The number of aliphatic carboxylic acids is 3. The van der Waals surface area contributed by atoms with Gasteiger partial charge in [-0.15, -0.1) is 0 Å². The standard InChI is InChI=1S/C29H30N2O11/c1-14(32)41-13-23-19(11-25(35)36)18(10-24(33)34)20(12-26(37)38)27(42-23)15-4-3-5-16(8-15)28-30-21-7-6-17(29(39)40-2)9-22(21)31-28/h3-9,18-20,23,27H,10-13H2,1-2H3,(H,30,31)(H,33,34)(H,35,36)(H,37,38)/t18-,19+,20+,23-,27-/m0/s1. The Hall–Kier alpha value is -4.78. The summed E-state index contributed by atoms with van der Waals surface area (Å²) < 4.78 is 16.2. The van der Waals surface area contributed by atoms with E-state index >= 15 is 0 Å². The Kier molecular flexibility index (Phi) is 9.21. The van der Waals surface area contributed by atoms with Gasteiger partial charge in [-0.25, -0.2) is 9.78 Å². The molecule has 1 aromatic heterocycles. The van der Waals surface area contributed by atoms with Crippen LogP contribution in [0.3, 0.4) is 0 Å². The average Bonchev–Trinajstić information content (AvgIpc) is 3.36. The fourth-order valence-corrected chi connectivity index (χ4v) is 5.60. The van der Waals surface area contributed by atoms with Gasteiger partial charge in [-0.3, -0.25) is 19.2 Å². The molecule has 3 aromatic rings. The number of imidazole rings is 1. The van der Waals surface area contributed by atoms with Gasteiger partial charge in [0.2, 0.25) is 0 Å². The molecule has 1 aliphatic heterocycles. The summed E-state index contributed by atoms with van der Waals surface area (Å²) in [6.45, 7) is 0.852. The third kappa shape index (κ3) is 6.92. The summed E-state index contributed by atoms with van der Waals surface area (Å²) in [5, 5.41) is 29.0. The summed E-state index contributed by atoms with van der Waals surface area (Å²) in [6.07, 6.45) is -3.45. The van der Waals surface area contributed by atoms with E-state index in [1.165, 1.54) is 14.0 Å². The zero-order valence-corrected chi connectivity index (χ0v) is 22.8. The molecule has 0 bridgehead atoms. The number of aromatic nitrogens is 2. The normalized spacial score (nSPS) is 21.9. The number of nitrogens with zero attached hydrogens (tertiary/aromatic N) is 1. The van der Waals surface area contributed by atoms with Crippen LogP contribution >= 0.6 is 0 Å². The third-order valence-corrected chi connectivity index (χ3v) is 7.36. The van der Waals surface area contributed by atoms with Gasteiger partial charge in [-0.05, 0) is 35.7 Å². The van der Waals surface area contributed by atoms with E-state index < -0.39 is 79.1 Å². The van der Waals surface area contributed by atoms with Crippen LogP contribution in [-0.4, -0.2) is 75.0 Å². The van der Waals surface area contributed by atoms with Crippen molar-refractivity contribution in [1.82, 2.24) is 9.97 Å². The number of carbonyl (C=O) groups is 5. The van der Waals surface area contributed by atoms with Gasteiger partial charge in [-0.2, -0.15) is 0 Å². The Morgan fingerprint density at radius 1 is 0.905 bits per heavy atom. The maximum absolute atomic E-state index is 11.9. The zero-order valence-electron chi connectivity index (χ0n) is 22.8. The summed E-state index contributed by atoms with van der Waals surface area (Å²) >= 11 is 0. The lowest BCUT2D eigenvalue weighted by Crippen LogP contribution is -2.48. The summed E-state index contributed by atoms with van der Waals surface area (Å²) in [5.74, 6) is -7.10. The molecule has 0 radical (unpaired) electrons. The number of carboxylic acids is 3. The van der Waals surface area contributed by atoms with Crippen LogP contribution in [0.4, 0.5) is 0 Å². The first-order valence-corrected chi connectivity index (χ1v) is 13.1. The first kappa shape index (κ1) is 30.2. The highest BCUT2D eigenvalue weighted by Gasteiger charge is 2.48. The van der Waals surface area contributed by atoms with E-state index in [-0.39, 0.29) is 6.61 Å². The second kappa shape index (κ2) is 12.8. The van der Waals surface area contributed by atoms with E-state index in [1.807, 2.05) is 0 Å². The molecule has 13 heteroatoms. The highest BCUT2D eigenvalue weighted by Crippen LogP contribution is 2.48. The van der Waals surface area contributed by atoms with Crippen LogP contribution in [-0.2, 0) is 33.4 Å². The summed E-state index contributed by atoms with van der Waals surface area (Å²) in [7, 11) is 1.28. The van der Waals surface area contributed by atoms with Gasteiger partial charge in [0.15, 0.2) is 0 Å². The van der Waals surface area contributed by atoms with E-state index in [4.69, 9.17) is 14.2 Å². The smallest absolute Gasteiger partial charge is 0.337 e. The van der Waals surface area contributed by atoms with Crippen LogP contribution in [0.5, 0.6) is 0 Å². The SMILES string of the molecule is COC(=O)c1ccc2[nH]c(-c3cccc([C@@H]4O[C@@H](COC(C)=O)[C@H](CC(=O)O)[C@H](CC(=O)O)[C@H]4CC(=O)O)c3)nc2c1. The summed E-state index contributed by atoms with van der Waals surface area (Å²) in [5.41, 5.74) is 2.59. The molecule has 0 saturated carbocycles. The first-order chi connectivity index (χ1) is 20.0. The number of ether oxygens (including phenoxy) is 3. The van der Waals surface area contributed by atoms with Crippen molar-refractivity contribution in [3.8, 4) is 11.4 Å². The van der Waals surface area contributed by atoms with Crippen molar-refractivity contribution in [2.24, 2.45) is 17.8 Å². The predicted molar refractivity (Wildman–Crippen MR) is 144 cm³/mol. The summed E-state index contributed by atoms with van der Waals surface area (Å²) in [4.78, 5) is 66.9. The lowest BCUT2D eigenvalue weighted by Gasteiger charge is -2.46. The number of benzene rings is 2. The molecule has 4 rings (SSSR count). The van der Waals surface area contributed by atoms with Crippen LogP contribution < -0.4 is 0 Å². The van der Waals surface area contributed by atoms with Crippen molar-refractivity contribution in [2.45, 2.75) is 38.4 Å². The molecule has 42 heavy (non-hydrogen) atoms. The molecule has 0 aliphatic carbocycles. The van der Waals surface area contributed by atoms with Crippen molar-refractivity contribution < 1.29 is 53.5 Å². The van der Waals surface area contributed by atoms with Crippen LogP contribution in [0.25, 0.3) is 22.4 Å². The maximum Gasteiger partial charge on any atom is 0.337 e. The largest absolute Gasteiger partial charge is 0.481 e. The molecule has 2 aromatic carbocycles. The van der Waals surface area contributed by atoms with Gasteiger partial charge in [0.05, 0.1) is 48.8 Å². The van der Waals surface area contributed by atoms with Crippen molar-refractivity contribution in [1.29, 1.82) is 0 Å². The number of carbonyl (C=O) groups excluding carboxylic acids is 2. The summed E-state index contributed by atoms with van der Waals surface area (Å²) in [6, 6.07) is 11.7. The topological polar surface area (TPSA) is 202 Å². The fourth-order valence-electron chi connectivity index (χ4n) is 5.60. The first-order valence-electron chi connectivity index (χ1n) is 13.1. The zero-order chi connectivity index (χ0) is 30.6. The highest BCUT2D eigenvalue weighted by molar-refractivity contribution is 5.94. The Morgan fingerprint density at radius 2 is 1.57 bits per heavy atom. The van der Waals surface area contributed by atoms with Gasteiger partial charge in [0.25, 0.3) is 0 Å². The Bertz CT molecular complexity index is 1510. The number of H-pyrrole nitrogens is 1. The van der Waals surface area contributed by atoms with Crippen LogP contribution in [0.15, 0.2) is 42.5 Å². The molecule has 1 fully saturated rings. The molecule has 13 nitrogen and oxygen atoms in total. The molecule has 222 valence electrons. The Balaban J connectivity index is 1.77. The molecule has 1 aliphatic rings. The fraction of sp³-hybridized carbons (Fsp3) is 0.379. The molecule has 5 atom stereocenters. The van der Waals surface area contributed by atoms with E-state index in [9.17, 15) is 39.3 Å². The van der Waals surface area contributed by atoms with Gasteiger partial charge in [0.1, 0.15) is 12.4 Å². The number of carboxylic acid groups (broad SMARTS) is 3. The van der Waals surface area contributed by atoms with Gasteiger partial charge in [-0.1, -0.05) is 18.2 Å². The van der Waals surface area contributed by atoms with E-state index in [0.29, 0.717) is 33.5 Å². The number of esters is 2. The molecule has 0 unspecified atom stereocenters. The number of methoxy groups -OCH3 is 1. The van der Waals surface area contributed by atoms with Gasteiger partial charge >= 0.3 is 29.8 Å². The molecule has 0 amide bonds.